The molecule has 0 fully saturated rings. The number of methoxy groups -OCH3 is 1. The van der Waals surface area contributed by atoms with E-state index in [9.17, 15) is 4.79 Å². The number of halogens is 1. The van der Waals surface area contributed by atoms with Gasteiger partial charge in [0.25, 0.3) is 0 Å². The Morgan fingerprint density at radius 3 is 2.85 bits per heavy atom. The van der Waals surface area contributed by atoms with Gasteiger partial charge in [-0.3, -0.25) is 4.79 Å². The molecule has 0 aliphatic rings. The first-order valence-corrected chi connectivity index (χ1v) is 6.86. The van der Waals surface area contributed by atoms with E-state index in [1.165, 1.54) is 0 Å². The molecule has 0 saturated heterocycles. The molecule has 2 N–H and O–H groups in total. The molecule has 1 aromatic carbocycles. The highest BCUT2D eigenvalue weighted by Crippen LogP contribution is 2.23. The largest absolute Gasteiger partial charge is 0.383 e. The number of nitrogens with zero attached hydrogens (tertiary/aromatic N) is 1. The van der Waals surface area contributed by atoms with Crippen LogP contribution in [0.15, 0.2) is 18.2 Å². The first-order valence-electron chi connectivity index (χ1n) is 6.48. The molecule has 0 unspecified atom stereocenters. The average Bonchev–Trinajstić information content (AvgIpc) is 2.41. The van der Waals surface area contributed by atoms with Crippen LogP contribution in [0.2, 0.25) is 5.02 Å². The van der Waals surface area contributed by atoms with Gasteiger partial charge in [-0.2, -0.15) is 0 Å². The van der Waals surface area contributed by atoms with Crippen LogP contribution >= 0.6 is 11.6 Å². The van der Waals surface area contributed by atoms with Gasteiger partial charge in [0.15, 0.2) is 0 Å². The molecule has 0 atom stereocenters. The van der Waals surface area contributed by atoms with E-state index < -0.39 is 0 Å². The van der Waals surface area contributed by atoms with Crippen LogP contribution in [0.4, 0.5) is 5.69 Å². The number of carbonyl (C=O) groups is 1. The fraction of sp³-hybridized carbons (Fsp3) is 0.500. The molecular weight excluding hydrogens is 278 g/mol. The molecule has 0 saturated carbocycles. The fourth-order valence-electron chi connectivity index (χ4n) is 1.88. The summed E-state index contributed by atoms with van der Waals surface area (Å²) in [6.45, 7) is 2.03. The van der Waals surface area contributed by atoms with Gasteiger partial charge < -0.3 is 20.3 Å². The van der Waals surface area contributed by atoms with Gasteiger partial charge in [0.2, 0.25) is 5.91 Å². The van der Waals surface area contributed by atoms with E-state index in [0.29, 0.717) is 18.2 Å². The SMILES string of the molecule is CNCc1ccc(Cl)cc1N(C)CC(=O)NCCOC. The third kappa shape index (κ3) is 5.36. The molecule has 0 aliphatic carbocycles. The highest BCUT2D eigenvalue weighted by atomic mass is 35.5. The van der Waals surface area contributed by atoms with Crippen molar-refractivity contribution in [3.8, 4) is 0 Å². The van der Waals surface area contributed by atoms with E-state index in [1.807, 2.05) is 37.2 Å². The Morgan fingerprint density at radius 2 is 2.20 bits per heavy atom. The molecule has 1 aromatic rings. The highest BCUT2D eigenvalue weighted by Gasteiger charge is 2.11. The van der Waals surface area contributed by atoms with Crippen LogP contribution in [0.25, 0.3) is 0 Å². The Morgan fingerprint density at radius 1 is 1.45 bits per heavy atom. The summed E-state index contributed by atoms with van der Waals surface area (Å²) in [5, 5.41) is 6.56. The van der Waals surface area contributed by atoms with E-state index in [4.69, 9.17) is 16.3 Å². The summed E-state index contributed by atoms with van der Waals surface area (Å²) in [7, 11) is 5.37. The molecule has 0 spiro atoms. The second-order valence-corrected chi connectivity index (χ2v) is 4.94. The maximum absolute atomic E-state index is 11.8. The lowest BCUT2D eigenvalue weighted by molar-refractivity contribution is -0.119. The fourth-order valence-corrected chi connectivity index (χ4v) is 2.05. The Balaban J connectivity index is 2.68. The van der Waals surface area contributed by atoms with Crippen LogP contribution in [0.1, 0.15) is 5.56 Å². The summed E-state index contributed by atoms with van der Waals surface area (Å²) in [5.74, 6) is -0.0417. The molecule has 1 amide bonds. The predicted molar refractivity (Wildman–Crippen MR) is 82.4 cm³/mol. The Kier molecular flexibility index (Phi) is 7.36. The van der Waals surface area contributed by atoms with Crippen LogP contribution < -0.4 is 15.5 Å². The zero-order chi connectivity index (χ0) is 15.0. The maximum atomic E-state index is 11.8. The second-order valence-electron chi connectivity index (χ2n) is 4.50. The Bertz CT molecular complexity index is 440. The molecule has 112 valence electrons. The summed E-state index contributed by atoms with van der Waals surface area (Å²) in [6, 6.07) is 5.69. The summed E-state index contributed by atoms with van der Waals surface area (Å²) in [6.07, 6.45) is 0. The minimum atomic E-state index is -0.0417. The summed E-state index contributed by atoms with van der Waals surface area (Å²) >= 11 is 6.04. The lowest BCUT2D eigenvalue weighted by Crippen LogP contribution is -2.37. The van der Waals surface area contributed by atoms with Crippen LogP contribution in [0.5, 0.6) is 0 Å². The third-order valence-corrected chi connectivity index (χ3v) is 3.07. The molecule has 0 heterocycles. The number of nitrogens with one attached hydrogen (secondary N) is 2. The van der Waals surface area contributed by atoms with Gasteiger partial charge >= 0.3 is 0 Å². The molecule has 5 nitrogen and oxygen atoms in total. The summed E-state index contributed by atoms with van der Waals surface area (Å²) in [5.41, 5.74) is 2.05. The molecule has 0 aromatic heterocycles. The number of anilines is 1. The Hall–Kier alpha value is -1.30. The zero-order valence-electron chi connectivity index (χ0n) is 12.2. The van der Waals surface area contributed by atoms with E-state index in [2.05, 4.69) is 10.6 Å². The van der Waals surface area contributed by atoms with Crippen molar-refractivity contribution in [3.63, 3.8) is 0 Å². The van der Waals surface area contributed by atoms with Crippen molar-refractivity contribution in [3.05, 3.63) is 28.8 Å². The number of likely N-dealkylation sites (N-methyl/N-ethyl adjacent to an activating group) is 1. The first-order chi connectivity index (χ1) is 9.58. The molecule has 0 aliphatic heterocycles. The summed E-state index contributed by atoms with van der Waals surface area (Å²) in [4.78, 5) is 13.7. The van der Waals surface area contributed by atoms with E-state index in [-0.39, 0.29) is 12.5 Å². The molecule has 6 heteroatoms. The second kappa shape index (κ2) is 8.79. The van der Waals surface area contributed by atoms with Crippen molar-refractivity contribution >= 4 is 23.2 Å². The average molecular weight is 300 g/mol. The number of carbonyl (C=O) groups excluding carboxylic acids is 1. The topological polar surface area (TPSA) is 53.6 Å². The molecule has 1 rings (SSSR count). The van der Waals surface area contributed by atoms with Gasteiger partial charge in [-0.05, 0) is 24.7 Å². The number of ether oxygens (including phenoxy) is 1. The van der Waals surface area contributed by atoms with Crippen molar-refractivity contribution in [2.24, 2.45) is 0 Å². The van der Waals surface area contributed by atoms with Crippen molar-refractivity contribution in [2.45, 2.75) is 6.54 Å². The number of hydrogen-bond donors (Lipinski definition) is 2. The third-order valence-electron chi connectivity index (χ3n) is 2.83. The number of benzene rings is 1. The minimum Gasteiger partial charge on any atom is -0.383 e. The van der Waals surface area contributed by atoms with E-state index in [1.54, 1.807) is 7.11 Å². The van der Waals surface area contributed by atoms with Crippen LogP contribution in [-0.2, 0) is 16.1 Å². The summed E-state index contributed by atoms with van der Waals surface area (Å²) < 4.78 is 4.89. The van der Waals surface area contributed by atoms with Crippen molar-refractivity contribution in [1.29, 1.82) is 0 Å². The number of rotatable bonds is 8. The number of amides is 1. The standard InChI is InChI=1S/C14H22ClN3O2/c1-16-9-11-4-5-12(15)8-13(11)18(2)10-14(19)17-6-7-20-3/h4-5,8,16H,6-7,9-10H2,1-3H3,(H,17,19). The Labute approximate surface area is 125 Å². The van der Waals surface area contributed by atoms with E-state index in [0.717, 1.165) is 17.8 Å². The lowest BCUT2D eigenvalue weighted by atomic mass is 10.1. The minimum absolute atomic E-state index is 0.0417. The van der Waals surface area contributed by atoms with Crippen LogP contribution in [-0.4, -0.2) is 46.8 Å². The molecule has 0 radical (unpaired) electrons. The van der Waals surface area contributed by atoms with Crippen LogP contribution in [0, 0.1) is 0 Å². The van der Waals surface area contributed by atoms with Crippen molar-refractivity contribution in [2.75, 3.05) is 45.8 Å². The van der Waals surface area contributed by atoms with Gasteiger partial charge in [0.05, 0.1) is 13.2 Å². The van der Waals surface area contributed by atoms with Crippen molar-refractivity contribution < 1.29 is 9.53 Å². The van der Waals surface area contributed by atoms with E-state index >= 15 is 0 Å². The molecular formula is C14H22ClN3O2. The smallest absolute Gasteiger partial charge is 0.239 e. The highest BCUT2D eigenvalue weighted by molar-refractivity contribution is 6.30. The van der Waals surface area contributed by atoms with Crippen molar-refractivity contribution in [1.82, 2.24) is 10.6 Å². The van der Waals surface area contributed by atoms with Gasteiger partial charge in [-0.25, -0.2) is 0 Å². The maximum Gasteiger partial charge on any atom is 0.239 e. The quantitative estimate of drug-likeness (QED) is 0.710. The molecule has 0 bridgehead atoms. The van der Waals surface area contributed by atoms with Gasteiger partial charge in [0.1, 0.15) is 0 Å². The van der Waals surface area contributed by atoms with Gasteiger partial charge in [-0.1, -0.05) is 17.7 Å². The first kappa shape index (κ1) is 16.8. The number of hydrogen-bond acceptors (Lipinski definition) is 4. The van der Waals surface area contributed by atoms with Gasteiger partial charge in [-0.15, -0.1) is 0 Å². The molecule has 20 heavy (non-hydrogen) atoms. The monoisotopic (exact) mass is 299 g/mol. The zero-order valence-corrected chi connectivity index (χ0v) is 13.0. The normalized spacial score (nSPS) is 10.4. The lowest BCUT2D eigenvalue weighted by Gasteiger charge is -2.22. The van der Waals surface area contributed by atoms with Gasteiger partial charge in [0, 0.05) is 38.0 Å². The van der Waals surface area contributed by atoms with Crippen LogP contribution in [0.3, 0.4) is 0 Å². The predicted octanol–water partition coefficient (Wildman–Crippen LogP) is 1.26.